The molecule has 1 saturated heterocycles. The van der Waals surface area contributed by atoms with E-state index < -0.39 is 0 Å². The molecule has 2 nitrogen and oxygen atoms in total. The van der Waals surface area contributed by atoms with Gasteiger partial charge in [-0.25, -0.2) is 0 Å². The number of ether oxygens (including phenoxy) is 1. The molecule has 0 aromatic rings. The highest BCUT2D eigenvalue weighted by molar-refractivity contribution is 4.86. The van der Waals surface area contributed by atoms with Crippen LogP contribution in [-0.2, 0) is 4.74 Å². The maximum atomic E-state index is 5.34. The zero-order chi connectivity index (χ0) is 7.68. The summed E-state index contributed by atoms with van der Waals surface area (Å²) in [6.45, 7) is 4.24. The molecule has 0 aromatic carbocycles. The van der Waals surface area contributed by atoms with Crippen LogP contribution in [0.5, 0.6) is 0 Å². The molecule has 0 spiro atoms. The molecule has 1 N–H and O–H groups in total. The van der Waals surface area contributed by atoms with Crippen LogP contribution in [0.25, 0.3) is 0 Å². The van der Waals surface area contributed by atoms with Crippen LogP contribution in [0.3, 0.4) is 0 Å². The first kappa shape index (κ1) is 7.56. The molecule has 0 aromatic heterocycles. The van der Waals surface area contributed by atoms with E-state index in [1.54, 1.807) is 0 Å². The predicted molar refractivity (Wildman–Crippen MR) is 44.5 cm³/mol. The van der Waals surface area contributed by atoms with E-state index in [0.29, 0.717) is 6.04 Å². The van der Waals surface area contributed by atoms with E-state index in [1.165, 1.54) is 19.3 Å². The number of rotatable bonds is 3. The molecule has 2 aliphatic rings. The van der Waals surface area contributed by atoms with Gasteiger partial charge in [-0.15, -0.1) is 0 Å². The van der Waals surface area contributed by atoms with Crippen molar-refractivity contribution in [1.82, 2.24) is 5.32 Å². The van der Waals surface area contributed by atoms with Gasteiger partial charge in [0.15, 0.2) is 0 Å². The Morgan fingerprint density at radius 1 is 1.36 bits per heavy atom. The summed E-state index contributed by atoms with van der Waals surface area (Å²) in [7, 11) is 0. The quantitative estimate of drug-likeness (QED) is 0.660. The molecule has 2 rings (SSSR count). The number of nitrogens with one attached hydrogen (secondary N) is 1. The van der Waals surface area contributed by atoms with E-state index in [-0.39, 0.29) is 0 Å². The largest absolute Gasteiger partial charge is 0.381 e. The van der Waals surface area contributed by atoms with Crippen molar-refractivity contribution >= 4 is 0 Å². The second-order valence-electron chi connectivity index (χ2n) is 3.85. The van der Waals surface area contributed by atoms with Crippen LogP contribution in [0.4, 0.5) is 0 Å². The van der Waals surface area contributed by atoms with Crippen LogP contribution < -0.4 is 5.32 Å². The van der Waals surface area contributed by atoms with Gasteiger partial charge in [-0.3, -0.25) is 0 Å². The highest BCUT2D eigenvalue weighted by atomic mass is 16.5. The summed E-state index contributed by atoms with van der Waals surface area (Å²) >= 11 is 0. The zero-order valence-electron chi connectivity index (χ0n) is 7.18. The molecule has 11 heavy (non-hydrogen) atoms. The Kier molecular flexibility index (Phi) is 2.14. The lowest BCUT2D eigenvalue weighted by Crippen LogP contribution is -2.35. The van der Waals surface area contributed by atoms with Crippen LogP contribution in [0, 0.1) is 5.92 Å². The molecule has 0 bridgehead atoms. The maximum Gasteiger partial charge on any atom is 0.0509 e. The topological polar surface area (TPSA) is 21.3 Å². The molecule has 2 atom stereocenters. The number of hydrogen-bond donors (Lipinski definition) is 1. The lowest BCUT2D eigenvalue weighted by atomic mass is 10.0. The van der Waals surface area contributed by atoms with Gasteiger partial charge in [-0.1, -0.05) is 0 Å². The third kappa shape index (κ3) is 1.94. The van der Waals surface area contributed by atoms with Gasteiger partial charge in [0.05, 0.1) is 6.61 Å². The van der Waals surface area contributed by atoms with Crippen molar-refractivity contribution in [3.63, 3.8) is 0 Å². The van der Waals surface area contributed by atoms with Crippen molar-refractivity contribution in [1.29, 1.82) is 0 Å². The van der Waals surface area contributed by atoms with E-state index in [4.69, 9.17) is 4.74 Å². The summed E-state index contributed by atoms with van der Waals surface area (Å²) < 4.78 is 5.34. The summed E-state index contributed by atoms with van der Waals surface area (Å²) in [5.41, 5.74) is 0. The minimum absolute atomic E-state index is 0.671. The molecule has 0 amide bonds. The van der Waals surface area contributed by atoms with Crippen LogP contribution in [0.15, 0.2) is 0 Å². The average molecular weight is 155 g/mol. The van der Waals surface area contributed by atoms with Crippen molar-refractivity contribution in [2.45, 2.75) is 38.3 Å². The first-order valence-electron chi connectivity index (χ1n) is 4.70. The second kappa shape index (κ2) is 3.11. The third-order valence-electron chi connectivity index (χ3n) is 2.75. The standard InChI is InChI=1S/C9H17NO/c1-7(10-9-2-3-9)8-4-5-11-6-8/h7-10H,2-6H2,1H3. The summed E-state index contributed by atoms with van der Waals surface area (Å²) in [4.78, 5) is 0. The van der Waals surface area contributed by atoms with Crippen molar-refractivity contribution in [3.05, 3.63) is 0 Å². The normalized spacial score (nSPS) is 34.1. The molecule has 1 aliphatic carbocycles. The summed E-state index contributed by atoms with van der Waals surface area (Å²) in [5.74, 6) is 0.774. The first-order valence-corrected chi connectivity index (χ1v) is 4.70. The lowest BCUT2D eigenvalue weighted by molar-refractivity contribution is 0.178. The predicted octanol–water partition coefficient (Wildman–Crippen LogP) is 1.16. The number of hydrogen-bond acceptors (Lipinski definition) is 2. The van der Waals surface area contributed by atoms with Crippen molar-refractivity contribution < 1.29 is 4.74 Å². The van der Waals surface area contributed by atoms with E-state index in [0.717, 1.165) is 25.2 Å². The third-order valence-corrected chi connectivity index (χ3v) is 2.75. The first-order chi connectivity index (χ1) is 5.36. The van der Waals surface area contributed by atoms with E-state index in [2.05, 4.69) is 12.2 Å². The zero-order valence-corrected chi connectivity index (χ0v) is 7.18. The molecule has 1 heterocycles. The summed E-state index contributed by atoms with van der Waals surface area (Å²) in [6.07, 6.45) is 4.02. The fourth-order valence-corrected chi connectivity index (χ4v) is 1.70. The van der Waals surface area contributed by atoms with Crippen LogP contribution in [0.1, 0.15) is 26.2 Å². The van der Waals surface area contributed by atoms with Crippen molar-refractivity contribution in [2.24, 2.45) is 5.92 Å². The molecular formula is C9H17NO. The van der Waals surface area contributed by atoms with E-state index >= 15 is 0 Å². The molecule has 2 heteroatoms. The fourth-order valence-electron chi connectivity index (χ4n) is 1.70. The van der Waals surface area contributed by atoms with Gasteiger partial charge in [0.25, 0.3) is 0 Å². The van der Waals surface area contributed by atoms with E-state index in [9.17, 15) is 0 Å². The highest BCUT2D eigenvalue weighted by Crippen LogP contribution is 2.23. The van der Waals surface area contributed by atoms with Crippen LogP contribution in [-0.4, -0.2) is 25.3 Å². The molecular weight excluding hydrogens is 138 g/mol. The second-order valence-corrected chi connectivity index (χ2v) is 3.85. The lowest BCUT2D eigenvalue weighted by Gasteiger charge is -2.18. The molecule has 2 unspecified atom stereocenters. The van der Waals surface area contributed by atoms with Crippen LogP contribution >= 0.6 is 0 Å². The molecule has 64 valence electrons. The average Bonchev–Trinajstić information content (AvgIpc) is 2.67. The Morgan fingerprint density at radius 2 is 2.18 bits per heavy atom. The summed E-state index contributed by atoms with van der Waals surface area (Å²) in [6, 6.07) is 1.51. The van der Waals surface area contributed by atoms with Gasteiger partial charge < -0.3 is 10.1 Å². The molecule has 1 saturated carbocycles. The highest BCUT2D eigenvalue weighted by Gasteiger charge is 2.28. The van der Waals surface area contributed by atoms with Gasteiger partial charge in [0.2, 0.25) is 0 Å². The Bertz CT molecular complexity index is 128. The maximum absolute atomic E-state index is 5.34. The van der Waals surface area contributed by atoms with Crippen molar-refractivity contribution in [2.75, 3.05) is 13.2 Å². The molecule has 1 aliphatic heterocycles. The van der Waals surface area contributed by atoms with Crippen LogP contribution in [0.2, 0.25) is 0 Å². The Morgan fingerprint density at radius 3 is 2.73 bits per heavy atom. The minimum atomic E-state index is 0.671. The molecule has 0 radical (unpaired) electrons. The SMILES string of the molecule is CC(NC1CC1)C1CCOC1. The Hall–Kier alpha value is -0.0800. The van der Waals surface area contributed by atoms with Gasteiger partial charge in [0, 0.05) is 18.7 Å². The monoisotopic (exact) mass is 155 g/mol. The Labute approximate surface area is 68.3 Å². The minimum Gasteiger partial charge on any atom is -0.381 e. The van der Waals surface area contributed by atoms with Gasteiger partial charge in [0.1, 0.15) is 0 Å². The van der Waals surface area contributed by atoms with E-state index in [1.807, 2.05) is 0 Å². The molecule has 2 fully saturated rings. The van der Waals surface area contributed by atoms with Crippen molar-refractivity contribution in [3.8, 4) is 0 Å². The van der Waals surface area contributed by atoms with Gasteiger partial charge in [-0.05, 0) is 32.1 Å². The van der Waals surface area contributed by atoms with Gasteiger partial charge >= 0.3 is 0 Å². The van der Waals surface area contributed by atoms with Gasteiger partial charge in [-0.2, -0.15) is 0 Å². The Balaban J connectivity index is 1.73. The smallest absolute Gasteiger partial charge is 0.0509 e. The fraction of sp³-hybridized carbons (Fsp3) is 1.00. The summed E-state index contributed by atoms with van der Waals surface area (Å²) in [5, 5.41) is 3.62.